The Kier molecular flexibility index (Phi) is 5.05. The Morgan fingerprint density at radius 3 is 2.60 bits per heavy atom. The molecule has 1 rings (SSSR count). The van der Waals surface area contributed by atoms with Crippen molar-refractivity contribution in [1.29, 1.82) is 0 Å². The standard InChI is InChI=1S/C11H15F2NS/c1-14(5-2-6-15)8-9-3-4-10(12)11(13)7-9/h3-4,7,15H,2,5-6,8H2,1H3. The lowest BCUT2D eigenvalue weighted by Gasteiger charge is -2.15. The number of nitrogens with zero attached hydrogens (tertiary/aromatic N) is 1. The quantitative estimate of drug-likeness (QED) is 0.763. The molecule has 0 atom stereocenters. The van der Waals surface area contributed by atoms with Gasteiger partial charge in [-0.3, -0.25) is 0 Å². The number of hydrogen-bond acceptors (Lipinski definition) is 2. The fourth-order valence-electron chi connectivity index (χ4n) is 1.37. The number of benzene rings is 1. The molecule has 15 heavy (non-hydrogen) atoms. The summed E-state index contributed by atoms with van der Waals surface area (Å²) in [5.41, 5.74) is 0.788. The van der Waals surface area contributed by atoms with Crippen molar-refractivity contribution in [1.82, 2.24) is 4.90 Å². The number of rotatable bonds is 5. The highest BCUT2D eigenvalue weighted by Gasteiger charge is 2.04. The Labute approximate surface area is 94.5 Å². The van der Waals surface area contributed by atoms with E-state index in [1.54, 1.807) is 6.07 Å². The fraction of sp³-hybridized carbons (Fsp3) is 0.455. The average molecular weight is 231 g/mol. The highest BCUT2D eigenvalue weighted by Crippen LogP contribution is 2.10. The molecule has 0 aromatic heterocycles. The molecule has 0 bridgehead atoms. The van der Waals surface area contributed by atoms with Crippen LogP contribution in [0.3, 0.4) is 0 Å². The third-order valence-electron chi connectivity index (χ3n) is 2.13. The summed E-state index contributed by atoms with van der Waals surface area (Å²) in [6, 6.07) is 4.01. The van der Waals surface area contributed by atoms with Crippen LogP contribution in [-0.4, -0.2) is 24.2 Å². The summed E-state index contributed by atoms with van der Waals surface area (Å²) in [5, 5.41) is 0. The second kappa shape index (κ2) is 6.08. The lowest BCUT2D eigenvalue weighted by molar-refractivity contribution is 0.327. The van der Waals surface area contributed by atoms with E-state index in [1.165, 1.54) is 6.07 Å². The minimum Gasteiger partial charge on any atom is -0.302 e. The van der Waals surface area contributed by atoms with Gasteiger partial charge in [0.1, 0.15) is 0 Å². The molecule has 1 aromatic rings. The first-order valence-corrected chi connectivity index (χ1v) is 5.50. The molecule has 0 N–H and O–H groups in total. The van der Waals surface area contributed by atoms with Gasteiger partial charge in [-0.05, 0) is 43.5 Å². The summed E-state index contributed by atoms with van der Waals surface area (Å²) in [6.45, 7) is 1.54. The van der Waals surface area contributed by atoms with Crippen molar-refractivity contribution in [2.75, 3.05) is 19.3 Å². The van der Waals surface area contributed by atoms with Crippen LogP contribution in [0.5, 0.6) is 0 Å². The van der Waals surface area contributed by atoms with E-state index in [4.69, 9.17) is 0 Å². The van der Waals surface area contributed by atoms with Crippen molar-refractivity contribution < 1.29 is 8.78 Å². The second-order valence-electron chi connectivity index (χ2n) is 3.56. The third-order valence-corrected chi connectivity index (χ3v) is 2.45. The van der Waals surface area contributed by atoms with Gasteiger partial charge in [-0.15, -0.1) is 0 Å². The predicted octanol–water partition coefficient (Wildman–Crippen LogP) is 2.72. The Bertz CT molecular complexity index is 317. The topological polar surface area (TPSA) is 3.24 Å². The minimum atomic E-state index is -0.795. The second-order valence-corrected chi connectivity index (χ2v) is 4.01. The van der Waals surface area contributed by atoms with Gasteiger partial charge in [0, 0.05) is 6.54 Å². The summed E-state index contributed by atoms with van der Waals surface area (Å²) < 4.78 is 25.5. The monoisotopic (exact) mass is 231 g/mol. The van der Waals surface area contributed by atoms with Gasteiger partial charge in [0.25, 0.3) is 0 Å². The van der Waals surface area contributed by atoms with Gasteiger partial charge < -0.3 is 4.90 Å². The van der Waals surface area contributed by atoms with Crippen molar-refractivity contribution in [3.8, 4) is 0 Å². The number of hydrogen-bond donors (Lipinski definition) is 1. The smallest absolute Gasteiger partial charge is 0.159 e. The maximum Gasteiger partial charge on any atom is 0.159 e. The highest BCUT2D eigenvalue weighted by atomic mass is 32.1. The Morgan fingerprint density at radius 1 is 1.27 bits per heavy atom. The third kappa shape index (κ3) is 4.18. The largest absolute Gasteiger partial charge is 0.302 e. The molecule has 0 aliphatic rings. The molecule has 0 unspecified atom stereocenters. The average Bonchev–Trinajstić information content (AvgIpc) is 2.20. The fourth-order valence-corrected chi connectivity index (χ4v) is 1.51. The molecule has 84 valence electrons. The summed E-state index contributed by atoms with van der Waals surface area (Å²) in [7, 11) is 1.95. The maximum atomic E-state index is 12.9. The van der Waals surface area contributed by atoms with Crippen molar-refractivity contribution in [2.24, 2.45) is 0 Å². The van der Waals surface area contributed by atoms with Crippen molar-refractivity contribution in [3.05, 3.63) is 35.4 Å². The summed E-state index contributed by atoms with van der Waals surface area (Å²) in [6.07, 6.45) is 0.989. The number of thiol groups is 1. The Morgan fingerprint density at radius 2 is 2.00 bits per heavy atom. The summed E-state index contributed by atoms with van der Waals surface area (Å²) >= 11 is 4.11. The molecule has 4 heteroatoms. The van der Waals surface area contributed by atoms with E-state index in [1.807, 2.05) is 7.05 Å². The van der Waals surface area contributed by atoms with E-state index in [-0.39, 0.29) is 0 Å². The minimum absolute atomic E-state index is 0.630. The van der Waals surface area contributed by atoms with Crippen LogP contribution in [0.1, 0.15) is 12.0 Å². The Hall–Kier alpha value is -0.610. The lowest BCUT2D eigenvalue weighted by Crippen LogP contribution is -2.19. The molecule has 0 heterocycles. The first kappa shape index (κ1) is 12.5. The Balaban J connectivity index is 2.53. The first-order chi connectivity index (χ1) is 7.13. The molecule has 0 saturated carbocycles. The predicted molar refractivity (Wildman–Crippen MR) is 61.2 cm³/mol. The molecule has 1 nitrogen and oxygen atoms in total. The van der Waals surface area contributed by atoms with E-state index >= 15 is 0 Å². The van der Waals surface area contributed by atoms with Crippen molar-refractivity contribution >= 4 is 12.6 Å². The van der Waals surface area contributed by atoms with Crippen LogP contribution in [0.15, 0.2) is 18.2 Å². The van der Waals surface area contributed by atoms with E-state index < -0.39 is 11.6 Å². The van der Waals surface area contributed by atoms with Gasteiger partial charge in [0.15, 0.2) is 11.6 Å². The summed E-state index contributed by atoms with van der Waals surface area (Å²) in [5.74, 6) is -0.742. The highest BCUT2D eigenvalue weighted by molar-refractivity contribution is 7.80. The van der Waals surface area contributed by atoms with Crippen LogP contribution in [0, 0.1) is 11.6 Å². The van der Waals surface area contributed by atoms with Crippen molar-refractivity contribution in [2.45, 2.75) is 13.0 Å². The van der Waals surface area contributed by atoms with E-state index in [9.17, 15) is 8.78 Å². The zero-order valence-electron chi connectivity index (χ0n) is 8.71. The molecule has 0 aliphatic carbocycles. The molecular formula is C11H15F2NS. The number of halogens is 2. The molecule has 1 aromatic carbocycles. The zero-order valence-corrected chi connectivity index (χ0v) is 9.61. The molecule has 0 amide bonds. The van der Waals surface area contributed by atoms with Crippen LogP contribution in [-0.2, 0) is 6.54 Å². The van der Waals surface area contributed by atoms with Crippen molar-refractivity contribution in [3.63, 3.8) is 0 Å². The van der Waals surface area contributed by atoms with Crippen LogP contribution < -0.4 is 0 Å². The van der Waals surface area contributed by atoms with Crippen LogP contribution >= 0.6 is 12.6 Å². The molecule has 0 radical (unpaired) electrons. The first-order valence-electron chi connectivity index (χ1n) is 4.87. The summed E-state index contributed by atoms with van der Waals surface area (Å²) in [4.78, 5) is 2.06. The van der Waals surface area contributed by atoms with Gasteiger partial charge >= 0.3 is 0 Å². The van der Waals surface area contributed by atoms with Gasteiger partial charge in [-0.1, -0.05) is 6.07 Å². The zero-order chi connectivity index (χ0) is 11.3. The van der Waals surface area contributed by atoms with Gasteiger partial charge in [-0.2, -0.15) is 12.6 Å². The van der Waals surface area contributed by atoms with Gasteiger partial charge in [0.2, 0.25) is 0 Å². The van der Waals surface area contributed by atoms with E-state index in [0.717, 1.165) is 30.3 Å². The van der Waals surface area contributed by atoms with Crippen LogP contribution in [0.4, 0.5) is 8.78 Å². The normalized spacial score (nSPS) is 11.0. The molecule has 0 aliphatic heterocycles. The maximum absolute atomic E-state index is 12.9. The van der Waals surface area contributed by atoms with Gasteiger partial charge in [-0.25, -0.2) is 8.78 Å². The molecular weight excluding hydrogens is 216 g/mol. The molecule has 0 saturated heterocycles. The lowest BCUT2D eigenvalue weighted by atomic mass is 10.2. The van der Waals surface area contributed by atoms with E-state index in [2.05, 4.69) is 17.5 Å². The van der Waals surface area contributed by atoms with Crippen LogP contribution in [0.2, 0.25) is 0 Å². The van der Waals surface area contributed by atoms with Gasteiger partial charge in [0.05, 0.1) is 0 Å². The molecule has 0 spiro atoms. The SMILES string of the molecule is CN(CCCS)Cc1ccc(F)c(F)c1. The van der Waals surface area contributed by atoms with E-state index in [0.29, 0.717) is 6.54 Å². The van der Waals surface area contributed by atoms with Crippen LogP contribution in [0.25, 0.3) is 0 Å². The molecule has 0 fully saturated rings.